The molecule has 0 saturated heterocycles. The van der Waals surface area contributed by atoms with Gasteiger partial charge in [-0.05, 0) is 0 Å². The zero-order valence-electron chi connectivity index (χ0n) is 13.5. The molecule has 0 amide bonds. The molecule has 0 spiro atoms. The second-order valence-electron chi connectivity index (χ2n) is 5.42. The fourth-order valence-electron chi connectivity index (χ4n) is 2.44. The Morgan fingerprint density at radius 3 is 2.05 bits per heavy atom. The summed E-state index contributed by atoms with van der Waals surface area (Å²) in [5.74, 6) is 0. The number of benzene rings is 1. The Balaban J connectivity index is 0.000000350. The van der Waals surface area contributed by atoms with E-state index in [0.717, 1.165) is 0 Å². The summed E-state index contributed by atoms with van der Waals surface area (Å²) < 4.78 is 0. The molecule has 0 aliphatic heterocycles. The summed E-state index contributed by atoms with van der Waals surface area (Å²) in [6.07, 6.45) is 0. The third kappa shape index (κ3) is 4.90. The smallest absolute Gasteiger partial charge is 0.199 e. The van der Waals surface area contributed by atoms with Crippen molar-refractivity contribution in [1.82, 2.24) is 0 Å². The molecule has 3 aromatic carbocycles. The first-order valence-corrected chi connectivity index (χ1v) is 6.81. The van der Waals surface area contributed by atoms with Gasteiger partial charge < -0.3 is 0 Å². The van der Waals surface area contributed by atoms with Crippen molar-refractivity contribution in [1.29, 1.82) is 0 Å². The molecule has 3 aromatic rings. The van der Waals surface area contributed by atoms with Gasteiger partial charge in [-0.2, -0.15) is 34.4 Å². The summed E-state index contributed by atoms with van der Waals surface area (Å²) in [5.41, 5.74) is 7.09. The van der Waals surface area contributed by atoms with Crippen molar-refractivity contribution in [3.63, 3.8) is 0 Å². The van der Waals surface area contributed by atoms with Gasteiger partial charge >= 0.3 is 26.2 Å². The van der Waals surface area contributed by atoms with E-state index in [-0.39, 0.29) is 37.2 Å². The number of hydrogen-bond donors (Lipinski definition) is 0. The van der Waals surface area contributed by atoms with Crippen LogP contribution in [0.1, 0.15) is 27.8 Å². The van der Waals surface area contributed by atoms with Gasteiger partial charge in [0.2, 0.25) is 0 Å². The molecule has 0 aliphatic rings. The molecule has 3 rings (SSSR count). The van der Waals surface area contributed by atoms with Crippen molar-refractivity contribution in [2.75, 3.05) is 0 Å². The molecular formula is C19H22SiZr. The summed E-state index contributed by atoms with van der Waals surface area (Å²) in [5, 5.41) is 2.69. The average molecular weight is 370 g/mol. The molecule has 0 nitrogen and oxygen atoms in total. The topological polar surface area (TPSA) is 0 Å². The largest absolute Gasteiger partial charge is 2.00 e. The summed E-state index contributed by atoms with van der Waals surface area (Å²) in [7, 11) is 0. The molecule has 21 heavy (non-hydrogen) atoms. The summed E-state index contributed by atoms with van der Waals surface area (Å²) in [4.78, 5) is 0. The fraction of sp³-hybridized carbons (Fsp3) is 0.263. The van der Waals surface area contributed by atoms with Crippen LogP contribution in [-0.4, -0.2) is 11.0 Å². The molecule has 0 fully saturated rings. The minimum absolute atomic E-state index is 0. The second-order valence-corrected chi connectivity index (χ2v) is 5.42. The van der Waals surface area contributed by atoms with Gasteiger partial charge in [0, 0.05) is 11.0 Å². The van der Waals surface area contributed by atoms with E-state index in [1.54, 1.807) is 0 Å². The van der Waals surface area contributed by atoms with Gasteiger partial charge in [0.25, 0.3) is 0 Å². The molecule has 0 aliphatic carbocycles. The first-order chi connectivity index (χ1) is 8.99. The van der Waals surface area contributed by atoms with Crippen LogP contribution < -0.4 is 0 Å². The van der Waals surface area contributed by atoms with Crippen molar-refractivity contribution < 1.29 is 26.2 Å². The maximum absolute atomic E-state index is 2.24. The molecule has 0 atom stereocenters. The van der Waals surface area contributed by atoms with Gasteiger partial charge in [-0.25, -0.2) is 0 Å². The van der Waals surface area contributed by atoms with Gasteiger partial charge in [0.05, 0.1) is 0 Å². The van der Waals surface area contributed by atoms with Crippen LogP contribution in [-0.2, 0) is 26.2 Å². The van der Waals surface area contributed by atoms with E-state index >= 15 is 0 Å². The number of fused-ring (bicyclic) bond motifs is 1. The van der Waals surface area contributed by atoms with Crippen LogP contribution in [0.15, 0.2) is 42.5 Å². The molecule has 0 heterocycles. The van der Waals surface area contributed by atoms with Crippen LogP contribution in [0.25, 0.3) is 10.8 Å². The molecule has 106 valence electrons. The molecule has 0 saturated carbocycles. The van der Waals surface area contributed by atoms with Crippen molar-refractivity contribution in [3.05, 3.63) is 70.3 Å². The SMILES string of the molecule is Cc1c[c-](C)c(C)c1C.Cc1cc2ccccc2[cH-]1.[Si].[Zr+2]. The Kier molecular flexibility index (Phi) is 8.36. The monoisotopic (exact) mass is 368 g/mol. The maximum atomic E-state index is 2.24. The predicted molar refractivity (Wildman–Crippen MR) is 91.0 cm³/mol. The second kappa shape index (κ2) is 8.66. The third-order valence-corrected chi connectivity index (χ3v) is 3.94. The fourth-order valence-corrected chi connectivity index (χ4v) is 2.44. The van der Waals surface area contributed by atoms with Crippen LogP contribution in [0.2, 0.25) is 0 Å². The third-order valence-electron chi connectivity index (χ3n) is 3.94. The normalized spacial score (nSPS) is 9.38. The molecule has 0 N–H and O–H groups in total. The van der Waals surface area contributed by atoms with Crippen LogP contribution in [0, 0.1) is 34.6 Å². The number of hydrogen-bond acceptors (Lipinski definition) is 0. The average Bonchev–Trinajstić information content (AvgIpc) is 2.86. The number of aryl methyl sites for hydroxylation is 3. The molecular weight excluding hydrogens is 348 g/mol. The Hall–Kier alpha value is -0.720. The Morgan fingerprint density at radius 1 is 1.00 bits per heavy atom. The standard InChI is InChI=1S/C10H9.C9H13.Si.Zr/c1-8-6-9-4-2-3-5-10(9)7-8;1-6-5-7(2)9(4)8(6)3;;/h2-7H,1H3;5H,1-4H3;;/q2*-1;;+2. The molecule has 0 unspecified atom stereocenters. The Bertz CT molecular complexity index is 633. The van der Waals surface area contributed by atoms with E-state index in [2.05, 4.69) is 77.1 Å². The summed E-state index contributed by atoms with van der Waals surface area (Å²) in [6.45, 7) is 10.8. The van der Waals surface area contributed by atoms with Crippen molar-refractivity contribution in [2.24, 2.45) is 0 Å². The minimum Gasteiger partial charge on any atom is -0.199 e. The molecule has 0 bridgehead atoms. The Morgan fingerprint density at radius 2 is 1.62 bits per heavy atom. The van der Waals surface area contributed by atoms with Gasteiger partial charge in [0.1, 0.15) is 0 Å². The van der Waals surface area contributed by atoms with E-state index in [9.17, 15) is 0 Å². The molecule has 4 radical (unpaired) electrons. The van der Waals surface area contributed by atoms with Gasteiger partial charge in [-0.15, -0.1) is 40.6 Å². The van der Waals surface area contributed by atoms with E-state index in [1.165, 1.54) is 38.6 Å². The van der Waals surface area contributed by atoms with E-state index < -0.39 is 0 Å². The predicted octanol–water partition coefficient (Wildman–Crippen LogP) is 5.12. The molecule has 0 aromatic heterocycles. The van der Waals surface area contributed by atoms with Crippen LogP contribution in [0.3, 0.4) is 0 Å². The molecule has 2 heteroatoms. The van der Waals surface area contributed by atoms with E-state index in [4.69, 9.17) is 0 Å². The first kappa shape index (κ1) is 20.3. The van der Waals surface area contributed by atoms with Crippen molar-refractivity contribution >= 4 is 21.7 Å². The van der Waals surface area contributed by atoms with Crippen LogP contribution in [0.5, 0.6) is 0 Å². The maximum Gasteiger partial charge on any atom is 2.00 e. The first-order valence-electron chi connectivity index (χ1n) is 6.81. The van der Waals surface area contributed by atoms with Gasteiger partial charge in [-0.1, -0.05) is 40.7 Å². The number of rotatable bonds is 0. The van der Waals surface area contributed by atoms with Crippen LogP contribution >= 0.6 is 0 Å². The zero-order valence-corrected chi connectivity index (χ0v) is 17.0. The zero-order chi connectivity index (χ0) is 14.0. The summed E-state index contributed by atoms with van der Waals surface area (Å²) in [6, 6.07) is 15.1. The van der Waals surface area contributed by atoms with Crippen molar-refractivity contribution in [2.45, 2.75) is 34.6 Å². The van der Waals surface area contributed by atoms with Gasteiger partial charge in [0.15, 0.2) is 0 Å². The van der Waals surface area contributed by atoms with E-state index in [0.29, 0.717) is 0 Å². The Labute approximate surface area is 152 Å². The van der Waals surface area contributed by atoms with Gasteiger partial charge in [-0.3, -0.25) is 0 Å². The summed E-state index contributed by atoms with van der Waals surface area (Å²) >= 11 is 0. The minimum atomic E-state index is 0. The van der Waals surface area contributed by atoms with Crippen LogP contribution in [0.4, 0.5) is 0 Å². The van der Waals surface area contributed by atoms with E-state index in [1.807, 2.05) is 0 Å². The van der Waals surface area contributed by atoms with Crippen molar-refractivity contribution in [3.8, 4) is 0 Å². The quantitative estimate of drug-likeness (QED) is 0.381.